The van der Waals surface area contributed by atoms with Crippen LogP contribution in [0.1, 0.15) is 0 Å². The molecule has 0 aromatic rings. The maximum atomic E-state index is 11.3. The summed E-state index contributed by atoms with van der Waals surface area (Å²) in [5.74, 6) is -2.26. The number of nitrogens with zero attached hydrogens (tertiary/aromatic N) is 1. The van der Waals surface area contributed by atoms with Crippen LogP contribution in [0, 0.1) is 0 Å². The standard InChI is InChI=1S/C8H11BrN2O5S.ClH/c9-1-4-7(10)8(15)11(4)17-3-6(14)16-2-5(12)13;/h4,7H,1-3,10H2,(H,12,13);1H. The monoisotopic (exact) mass is 362 g/mol. The van der Waals surface area contributed by atoms with Crippen LogP contribution in [0.25, 0.3) is 0 Å². The summed E-state index contributed by atoms with van der Waals surface area (Å²) >= 11 is 4.18. The lowest BCUT2D eigenvalue weighted by molar-refractivity contribution is -0.153. The number of hydrogen-bond acceptors (Lipinski definition) is 6. The highest BCUT2D eigenvalue weighted by Gasteiger charge is 2.44. The predicted molar refractivity (Wildman–Crippen MR) is 70.7 cm³/mol. The number of carboxylic acid groups (broad SMARTS) is 1. The summed E-state index contributed by atoms with van der Waals surface area (Å²) in [6, 6.07) is -0.698. The van der Waals surface area contributed by atoms with Gasteiger partial charge in [-0.3, -0.25) is 13.9 Å². The summed E-state index contributed by atoms with van der Waals surface area (Å²) in [4.78, 5) is 32.5. The molecular formula is C8H12BrClN2O5S. The molecule has 0 spiro atoms. The molecule has 2 atom stereocenters. The number of β-lactam (4-membered cyclic amide) rings is 1. The van der Waals surface area contributed by atoms with Crippen molar-refractivity contribution in [2.24, 2.45) is 5.73 Å². The molecular weight excluding hydrogens is 352 g/mol. The Bertz CT molecular complexity index is 345. The zero-order valence-electron chi connectivity index (χ0n) is 9.08. The number of aliphatic carboxylic acids is 1. The number of alkyl halides is 1. The van der Waals surface area contributed by atoms with Gasteiger partial charge in [-0.05, 0) is 11.9 Å². The van der Waals surface area contributed by atoms with Gasteiger partial charge in [0.25, 0.3) is 5.91 Å². The van der Waals surface area contributed by atoms with Crippen LogP contribution in [0.5, 0.6) is 0 Å². The van der Waals surface area contributed by atoms with E-state index in [-0.39, 0.29) is 30.1 Å². The molecule has 0 aromatic heterocycles. The van der Waals surface area contributed by atoms with Crippen LogP contribution in [0.4, 0.5) is 0 Å². The number of carbonyl (C=O) groups excluding carboxylic acids is 2. The summed E-state index contributed by atoms with van der Waals surface area (Å²) in [6.07, 6.45) is 0. The van der Waals surface area contributed by atoms with Crippen molar-refractivity contribution in [2.75, 3.05) is 17.7 Å². The third kappa shape index (κ3) is 4.30. The van der Waals surface area contributed by atoms with Crippen molar-refractivity contribution in [3.8, 4) is 0 Å². The van der Waals surface area contributed by atoms with E-state index in [1.165, 1.54) is 4.31 Å². The van der Waals surface area contributed by atoms with Gasteiger partial charge < -0.3 is 15.6 Å². The van der Waals surface area contributed by atoms with E-state index in [1.807, 2.05) is 0 Å². The Morgan fingerprint density at radius 3 is 2.67 bits per heavy atom. The maximum Gasteiger partial charge on any atom is 0.341 e. The first-order valence-corrected chi connectivity index (χ1v) is 6.68. The van der Waals surface area contributed by atoms with Crippen molar-refractivity contribution in [1.82, 2.24) is 4.31 Å². The molecule has 1 saturated heterocycles. The number of carboxylic acids is 1. The number of esters is 1. The molecule has 7 nitrogen and oxygen atoms in total. The Labute approximate surface area is 122 Å². The highest BCUT2D eigenvalue weighted by molar-refractivity contribution is 9.09. The minimum atomic E-state index is -1.22. The first kappa shape index (κ1) is 17.5. The lowest BCUT2D eigenvalue weighted by Crippen LogP contribution is -2.66. The molecule has 2 unspecified atom stereocenters. The molecule has 0 aromatic carbocycles. The van der Waals surface area contributed by atoms with E-state index in [0.29, 0.717) is 5.33 Å². The molecule has 1 amide bonds. The van der Waals surface area contributed by atoms with Crippen molar-refractivity contribution in [1.29, 1.82) is 0 Å². The molecule has 1 aliphatic rings. The second-order valence-electron chi connectivity index (χ2n) is 3.24. The zero-order chi connectivity index (χ0) is 13.0. The van der Waals surface area contributed by atoms with E-state index in [1.54, 1.807) is 0 Å². The van der Waals surface area contributed by atoms with Crippen LogP contribution < -0.4 is 5.73 Å². The summed E-state index contributed by atoms with van der Waals surface area (Å²) in [5.41, 5.74) is 5.54. The van der Waals surface area contributed by atoms with E-state index in [0.717, 1.165) is 11.9 Å². The predicted octanol–water partition coefficient (Wildman–Crippen LogP) is -0.383. The topological polar surface area (TPSA) is 110 Å². The number of halogens is 2. The van der Waals surface area contributed by atoms with Gasteiger partial charge in [-0.2, -0.15) is 0 Å². The molecule has 18 heavy (non-hydrogen) atoms. The minimum absolute atomic E-state index is 0. The summed E-state index contributed by atoms with van der Waals surface area (Å²) in [6.45, 7) is -0.672. The van der Waals surface area contributed by atoms with Crippen LogP contribution in [-0.4, -0.2) is 57.0 Å². The molecule has 3 N–H and O–H groups in total. The molecule has 1 rings (SSSR count). The van der Waals surface area contributed by atoms with Gasteiger partial charge in [-0.25, -0.2) is 4.79 Å². The molecule has 1 fully saturated rings. The fourth-order valence-corrected chi connectivity index (χ4v) is 3.02. The van der Waals surface area contributed by atoms with Crippen LogP contribution >= 0.6 is 40.3 Å². The van der Waals surface area contributed by atoms with Gasteiger partial charge in [0.2, 0.25) is 0 Å². The van der Waals surface area contributed by atoms with E-state index >= 15 is 0 Å². The first-order valence-electron chi connectivity index (χ1n) is 4.62. The Kier molecular flexibility index (Phi) is 7.60. The average molecular weight is 364 g/mol. The van der Waals surface area contributed by atoms with Crippen molar-refractivity contribution in [3.05, 3.63) is 0 Å². The third-order valence-corrected chi connectivity index (χ3v) is 3.81. The molecule has 0 radical (unpaired) electrons. The fraction of sp³-hybridized carbons (Fsp3) is 0.625. The molecule has 1 heterocycles. The average Bonchev–Trinajstić information content (AvgIpc) is 2.30. The maximum absolute atomic E-state index is 11.3. The number of nitrogens with two attached hydrogens (primary N) is 1. The quantitative estimate of drug-likeness (QED) is 0.286. The van der Waals surface area contributed by atoms with Crippen molar-refractivity contribution < 1.29 is 24.2 Å². The minimum Gasteiger partial charge on any atom is -0.479 e. The van der Waals surface area contributed by atoms with Gasteiger partial charge in [0, 0.05) is 5.33 Å². The Morgan fingerprint density at radius 2 is 2.17 bits per heavy atom. The van der Waals surface area contributed by atoms with Crippen molar-refractivity contribution in [2.45, 2.75) is 12.1 Å². The van der Waals surface area contributed by atoms with Crippen LogP contribution in [0.3, 0.4) is 0 Å². The molecule has 1 aliphatic heterocycles. The van der Waals surface area contributed by atoms with Crippen molar-refractivity contribution >= 4 is 58.1 Å². The normalized spacial score (nSPS) is 21.9. The van der Waals surface area contributed by atoms with E-state index in [2.05, 4.69) is 20.7 Å². The number of carbonyl (C=O) groups is 3. The Hall–Kier alpha value is -0.510. The van der Waals surface area contributed by atoms with Crippen LogP contribution in [0.2, 0.25) is 0 Å². The first-order chi connectivity index (χ1) is 7.97. The summed E-state index contributed by atoms with van der Waals surface area (Å²) in [5, 5.41) is 8.81. The number of amides is 1. The third-order valence-electron chi connectivity index (χ3n) is 2.05. The summed E-state index contributed by atoms with van der Waals surface area (Å²) in [7, 11) is 0. The highest BCUT2D eigenvalue weighted by Crippen LogP contribution is 2.28. The van der Waals surface area contributed by atoms with Crippen LogP contribution in [0.15, 0.2) is 0 Å². The molecule has 0 saturated carbocycles. The largest absolute Gasteiger partial charge is 0.479 e. The van der Waals surface area contributed by atoms with Gasteiger partial charge >= 0.3 is 11.9 Å². The second kappa shape index (κ2) is 7.82. The van der Waals surface area contributed by atoms with E-state index in [4.69, 9.17) is 10.8 Å². The van der Waals surface area contributed by atoms with Gasteiger partial charge in [0.15, 0.2) is 6.61 Å². The zero-order valence-corrected chi connectivity index (χ0v) is 12.3. The molecule has 104 valence electrons. The summed E-state index contributed by atoms with van der Waals surface area (Å²) < 4.78 is 5.80. The fourth-order valence-electron chi connectivity index (χ4n) is 1.16. The SMILES string of the molecule is Cl.NC1C(=O)N(SCC(=O)OCC(=O)O)C1CBr. The lowest BCUT2D eigenvalue weighted by atomic mass is 10.0. The van der Waals surface area contributed by atoms with Gasteiger partial charge in [0.1, 0.15) is 11.8 Å². The number of rotatable bonds is 6. The lowest BCUT2D eigenvalue weighted by Gasteiger charge is -2.42. The molecule has 0 aliphatic carbocycles. The van der Waals surface area contributed by atoms with Gasteiger partial charge in [0.05, 0.1) is 6.04 Å². The smallest absolute Gasteiger partial charge is 0.341 e. The van der Waals surface area contributed by atoms with E-state index in [9.17, 15) is 14.4 Å². The van der Waals surface area contributed by atoms with Crippen LogP contribution in [-0.2, 0) is 19.1 Å². The van der Waals surface area contributed by atoms with Crippen molar-refractivity contribution in [3.63, 3.8) is 0 Å². The Balaban J connectivity index is 0.00000289. The Morgan fingerprint density at radius 1 is 1.56 bits per heavy atom. The number of ether oxygens (including phenoxy) is 1. The highest BCUT2D eigenvalue weighted by atomic mass is 79.9. The van der Waals surface area contributed by atoms with Gasteiger partial charge in [-0.15, -0.1) is 12.4 Å². The second-order valence-corrected chi connectivity index (χ2v) is 4.83. The molecule has 10 heteroatoms. The van der Waals surface area contributed by atoms with Gasteiger partial charge in [-0.1, -0.05) is 15.9 Å². The molecule has 0 bridgehead atoms. The number of hydrogen-bond donors (Lipinski definition) is 2. The van der Waals surface area contributed by atoms with E-state index < -0.39 is 24.6 Å².